The molecule has 0 saturated carbocycles. The molecule has 2 nitrogen and oxygen atoms in total. The fourth-order valence-electron chi connectivity index (χ4n) is 1.83. The molecule has 1 atom stereocenters. The highest BCUT2D eigenvalue weighted by molar-refractivity contribution is 9.10. The number of hydrogen-bond donors (Lipinski definition) is 1. The molecule has 1 unspecified atom stereocenters. The molecule has 1 aromatic carbocycles. The topological polar surface area (TPSA) is 33.1 Å². The molecule has 0 radical (unpaired) electrons. The molecule has 1 heterocycles. The van der Waals surface area contributed by atoms with E-state index in [0.29, 0.717) is 0 Å². The third-order valence-electron chi connectivity index (χ3n) is 2.79. The standard InChI is InChI=1S/C14H11BrF3NO/c15-12-4-9(7-19-8-12)5-13(20)10-2-1-3-11(6-10)14(16,17)18/h1-4,6-8,13,20H,5H2. The zero-order valence-corrected chi connectivity index (χ0v) is 11.8. The minimum Gasteiger partial charge on any atom is -0.388 e. The van der Waals surface area contributed by atoms with Crippen molar-refractivity contribution in [2.24, 2.45) is 0 Å². The maximum Gasteiger partial charge on any atom is 0.416 e. The van der Waals surface area contributed by atoms with E-state index in [4.69, 9.17) is 0 Å². The predicted molar refractivity (Wildman–Crippen MR) is 72.0 cm³/mol. The molecule has 0 spiro atoms. The summed E-state index contributed by atoms with van der Waals surface area (Å²) >= 11 is 3.25. The monoisotopic (exact) mass is 345 g/mol. The van der Waals surface area contributed by atoms with Gasteiger partial charge >= 0.3 is 6.18 Å². The van der Waals surface area contributed by atoms with E-state index in [-0.39, 0.29) is 12.0 Å². The quantitative estimate of drug-likeness (QED) is 0.906. The van der Waals surface area contributed by atoms with Crippen molar-refractivity contribution < 1.29 is 18.3 Å². The first-order valence-electron chi connectivity index (χ1n) is 5.81. The second-order valence-corrected chi connectivity index (χ2v) is 5.27. The molecule has 2 rings (SSSR count). The third-order valence-corrected chi connectivity index (χ3v) is 3.22. The van der Waals surface area contributed by atoms with Crippen LogP contribution in [0.15, 0.2) is 47.2 Å². The zero-order valence-electron chi connectivity index (χ0n) is 10.2. The Hall–Kier alpha value is -1.40. The van der Waals surface area contributed by atoms with E-state index in [1.165, 1.54) is 12.1 Å². The van der Waals surface area contributed by atoms with Crippen molar-refractivity contribution in [3.05, 3.63) is 63.9 Å². The van der Waals surface area contributed by atoms with Crippen LogP contribution < -0.4 is 0 Å². The molecule has 0 bridgehead atoms. The maximum absolute atomic E-state index is 12.6. The van der Waals surface area contributed by atoms with Gasteiger partial charge in [0.1, 0.15) is 0 Å². The maximum atomic E-state index is 12.6. The van der Waals surface area contributed by atoms with Gasteiger partial charge in [0.15, 0.2) is 0 Å². The van der Waals surface area contributed by atoms with E-state index < -0.39 is 17.8 Å². The summed E-state index contributed by atoms with van der Waals surface area (Å²) in [5.41, 5.74) is 0.213. The largest absolute Gasteiger partial charge is 0.416 e. The molecular formula is C14H11BrF3NO. The molecule has 20 heavy (non-hydrogen) atoms. The van der Waals surface area contributed by atoms with Gasteiger partial charge in [0.05, 0.1) is 11.7 Å². The van der Waals surface area contributed by atoms with Gasteiger partial charge in [-0.1, -0.05) is 12.1 Å². The lowest BCUT2D eigenvalue weighted by atomic mass is 10.0. The molecule has 1 aromatic heterocycles. The van der Waals surface area contributed by atoms with Gasteiger partial charge in [0, 0.05) is 23.3 Å². The number of aliphatic hydroxyl groups excluding tert-OH is 1. The van der Waals surface area contributed by atoms with Gasteiger partial charge < -0.3 is 5.11 Å². The Morgan fingerprint density at radius 3 is 2.60 bits per heavy atom. The van der Waals surface area contributed by atoms with Crippen LogP contribution in [0.5, 0.6) is 0 Å². The number of alkyl halides is 3. The number of halogens is 4. The lowest BCUT2D eigenvalue weighted by molar-refractivity contribution is -0.137. The number of aromatic nitrogens is 1. The average molecular weight is 346 g/mol. The van der Waals surface area contributed by atoms with Gasteiger partial charge in [-0.05, 0) is 45.3 Å². The van der Waals surface area contributed by atoms with Crippen molar-refractivity contribution in [1.29, 1.82) is 0 Å². The van der Waals surface area contributed by atoms with Crippen molar-refractivity contribution in [1.82, 2.24) is 4.98 Å². The van der Waals surface area contributed by atoms with Crippen LogP contribution in [0.2, 0.25) is 0 Å². The van der Waals surface area contributed by atoms with Gasteiger partial charge in [-0.2, -0.15) is 13.2 Å². The molecule has 0 amide bonds. The summed E-state index contributed by atoms with van der Waals surface area (Å²) in [7, 11) is 0. The van der Waals surface area contributed by atoms with Crippen LogP contribution in [0.25, 0.3) is 0 Å². The summed E-state index contributed by atoms with van der Waals surface area (Å²) in [4.78, 5) is 3.95. The molecule has 106 valence electrons. The fraction of sp³-hybridized carbons (Fsp3) is 0.214. The molecule has 6 heteroatoms. The molecule has 0 fully saturated rings. The first-order chi connectivity index (χ1) is 9.36. The summed E-state index contributed by atoms with van der Waals surface area (Å²) in [5, 5.41) is 10.0. The Kier molecular flexibility index (Phi) is 4.45. The number of nitrogens with zero attached hydrogens (tertiary/aromatic N) is 1. The minimum atomic E-state index is -4.41. The predicted octanol–water partition coefficient (Wildman–Crippen LogP) is 4.14. The van der Waals surface area contributed by atoms with E-state index in [1.807, 2.05) is 0 Å². The van der Waals surface area contributed by atoms with Gasteiger partial charge in [-0.3, -0.25) is 4.98 Å². The van der Waals surface area contributed by atoms with E-state index in [9.17, 15) is 18.3 Å². The number of benzene rings is 1. The van der Waals surface area contributed by atoms with Crippen molar-refractivity contribution in [2.75, 3.05) is 0 Å². The third kappa shape index (κ3) is 3.80. The fourth-order valence-corrected chi connectivity index (χ4v) is 2.24. The van der Waals surface area contributed by atoms with Gasteiger partial charge in [-0.25, -0.2) is 0 Å². The summed E-state index contributed by atoms with van der Waals surface area (Å²) in [5.74, 6) is 0. The Labute approximate surface area is 122 Å². The normalized spacial score (nSPS) is 13.2. The van der Waals surface area contributed by atoms with Crippen molar-refractivity contribution in [3.8, 4) is 0 Å². The Bertz CT molecular complexity index is 601. The van der Waals surface area contributed by atoms with E-state index in [0.717, 1.165) is 22.2 Å². The summed E-state index contributed by atoms with van der Waals surface area (Å²) in [6.45, 7) is 0. The zero-order chi connectivity index (χ0) is 14.8. The lowest BCUT2D eigenvalue weighted by Crippen LogP contribution is -2.08. The summed E-state index contributed by atoms with van der Waals surface area (Å²) in [6, 6.07) is 6.49. The van der Waals surface area contributed by atoms with Crippen LogP contribution in [0, 0.1) is 0 Å². The Morgan fingerprint density at radius 1 is 1.20 bits per heavy atom. The molecular weight excluding hydrogens is 335 g/mol. The van der Waals surface area contributed by atoms with Crippen LogP contribution in [0.3, 0.4) is 0 Å². The lowest BCUT2D eigenvalue weighted by Gasteiger charge is -2.13. The van der Waals surface area contributed by atoms with Crippen LogP contribution in [-0.2, 0) is 12.6 Å². The number of aliphatic hydroxyl groups is 1. The van der Waals surface area contributed by atoms with Crippen molar-refractivity contribution in [3.63, 3.8) is 0 Å². The average Bonchev–Trinajstić information content (AvgIpc) is 2.38. The highest BCUT2D eigenvalue weighted by Crippen LogP contribution is 2.31. The summed E-state index contributed by atoms with van der Waals surface area (Å²) in [6.07, 6.45) is -2.05. The smallest absolute Gasteiger partial charge is 0.388 e. The van der Waals surface area contributed by atoms with Crippen LogP contribution in [0.1, 0.15) is 22.8 Å². The van der Waals surface area contributed by atoms with Crippen molar-refractivity contribution >= 4 is 15.9 Å². The second kappa shape index (κ2) is 5.93. The Morgan fingerprint density at radius 2 is 1.95 bits per heavy atom. The van der Waals surface area contributed by atoms with E-state index in [1.54, 1.807) is 18.5 Å². The molecule has 0 aliphatic carbocycles. The number of pyridine rings is 1. The molecule has 0 saturated heterocycles. The van der Waals surface area contributed by atoms with Crippen molar-refractivity contribution in [2.45, 2.75) is 18.7 Å². The first-order valence-corrected chi connectivity index (χ1v) is 6.60. The van der Waals surface area contributed by atoms with E-state index >= 15 is 0 Å². The minimum absolute atomic E-state index is 0.202. The SMILES string of the molecule is OC(Cc1cncc(Br)c1)c1cccc(C(F)(F)F)c1. The first kappa shape index (κ1) is 15.0. The van der Waals surface area contributed by atoms with E-state index in [2.05, 4.69) is 20.9 Å². The van der Waals surface area contributed by atoms with Crippen LogP contribution in [0.4, 0.5) is 13.2 Å². The number of hydrogen-bond acceptors (Lipinski definition) is 2. The molecule has 1 N–H and O–H groups in total. The highest BCUT2D eigenvalue weighted by Gasteiger charge is 2.30. The van der Waals surface area contributed by atoms with Crippen LogP contribution >= 0.6 is 15.9 Å². The van der Waals surface area contributed by atoms with Gasteiger partial charge in [0.2, 0.25) is 0 Å². The van der Waals surface area contributed by atoms with Crippen LogP contribution in [-0.4, -0.2) is 10.1 Å². The Balaban J connectivity index is 2.19. The van der Waals surface area contributed by atoms with Gasteiger partial charge in [0.25, 0.3) is 0 Å². The number of rotatable bonds is 3. The molecule has 2 aromatic rings. The molecule has 0 aliphatic heterocycles. The second-order valence-electron chi connectivity index (χ2n) is 4.35. The summed E-state index contributed by atoms with van der Waals surface area (Å²) < 4.78 is 38.6. The molecule has 0 aliphatic rings. The highest BCUT2D eigenvalue weighted by atomic mass is 79.9. The van der Waals surface area contributed by atoms with Gasteiger partial charge in [-0.15, -0.1) is 0 Å².